The van der Waals surface area contributed by atoms with Crippen LogP contribution in [0.3, 0.4) is 0 Å². The zero-order valence-corrected chi connectivity index (χ0v) is 31.7. The summed E-state index contributed by atoms with van der Waals surface area (Å²) in [5.74, 6) is 17.6. The quantitative estimate of drug-likeness (QED) is 0.308. The fourth-order valence-electron chi connectivity index (χ4n) is 5.11. The lowest BCUT2D eigenvalue weighted by Gasteiger charge is -2.28. The first-order valence-corrected chi connectivity index (χ1v) is 20.5. The van der Waals surface area contributed by atoms with E-state index in [1.54, 1.807) is 43.3 Å². The van der Waals surface area contributed by atoms with E-state index in [0.29, 0.717) is 6.42 Å². The predicted octanol–water partition coefficient (Wildman–Crippen LogP) is 4.81. The van der Waals surface area contributed by atoms with Gasteiger partial charge in [-0.25, -0.2) is 25.3 Å². The molecule has 50 heavy (non-hydrogen) atoms. The Kier molecular flexibility index (Phi) is 12.7. The molecule has 0 amide bonds. The highest BCUT2D eigenvalue weighted by Crippen LogP contribution is 2.24. The van der Waals surface area contributed by atoms with Crippen molar-refractivity contribution in [2.75, 3.05) is 26.2 Å². The Labute approximate surface area is 298 Å². The molecule has 2 unspecified atom stereocenters. The van der Waals surface area contributed by atoms with E-state index in [2.05, 4.69) is 35.5 Å². The Balaban J connectivity index is 1.88. The number of hydrogen-bond acceptors (Lipinski definition) is 6. The van der Waals surface area contributed by atoms with Crippen LogP contribution in [0.5, 0.6) is 0 Å². The number of hydrogen-bond donors (Lipinski definition) is 0. The molecule has 0 saturated heterocycles. The summed E-state index contributed by atoms with van der Waals surface area (Å²) < 4.78 is 87.3. The van der Waals surface area contributed by atoms with E-state index in [1.165, 1.54) is 40.7 Å². The molecule has 0 spiro atoms. The Morgan fingerprint density at radius 2 is 0.920 bits per heavy atom. The SMILES string of the molecule is Cc1ccc(S(=O)(=O)N2CC#CCN(S(=O)(=O)c3ccc(C)cc3)C(C)C#CC(CC(C)C)N(S(=O)(=O)c3ccc(C)cc3)CC#CC2)cc1. The summed E-state index contributed by atoms with van der Waals surface area (Å²) in [6.45, 7) is 9.97. The highest BCUT2D eigenvalue weighted by atomic mass is 32.2. The van der Waals surface area contributed by atoms with Gasteiger partial charge >= 0.3 is 0 Å². The smallest absolute Gasteiger partial charge is 0.207 e. The molecule has 1 aliphatic heterocycles. The Hall–Kier alpha value is -3.93. The van der Waals surface area contributed by atoms with E-state index in [9.17, 15) is 25.3 Å². The lowest BCUT2D eigenvalue weighted by atomic mass is 10.0. The van der Waals surface area contributed by atoms with Crippen LogP contribution < -0.4 is 0 Å². The molecule has 9 nitrogen and oxygen atoms in total. The third-order valence-corrected chi connectivity index (χ3v) is 13.7. The molecule has 0 aliphatic carbocycles. The van der Waals surface area contributed by atoms with Gasteiger partial charge in [0.25, 0.3) is 0 Å². The van der Waals surface area contributed by atoms with Crippen LogP contribution in [0.4, 0.5) is 0 Å². The third kappa shape index (κ3) is 9.44. The van der Waals surface area contributed by atoms with Gasteiger partial charge in [-0.3, -0.25) is 0 Å². The highest BCUT2D eigenvalue weighted by molar-refractivity contribution is 7.89. The standard InChI is InChI=1S/C38H43N3O6S3/c1-30(2)29-35-18-17-34(6)40(49(44,45)37-21-13-32(4)14-22-37)27-9-7-25-39(48(42,43)36-19-11-31(3)12-20-36)26-8-10-28-41(35)50(46,47)38-23-15-33(5)16-24-38/h11-16,19-24,30,34-35H,25-29H2,1-6H3. The predicted molar refractivity (Wildman–Crippen MR) is 196 cm³/mol. The fraction of sp³-hybridized carbons (Fsp3) is 0.368. The van der Waals surface area contributed by atoms with Crippen molar-refractivity contribution < 1.29 is 25.3 Å². The fourth-order valence-corrected chi connectivity index (χ4v) is 9.27. The molecule has 1 aliphatic rings. The molecule has 264 valence electrons. The van der Waals surface area contributed by atoms with Gasteiger partial charge in [-0.1, -0.05) is 102 Å². The average molecular weight is 734 g/mol. The molecule has 0 fully saturated rings. The monoisotopic (exact) mass is 733 g/mol. The van der Waals surface area contributed by atoms with Crippen LogP contribution in [-0.4, -0.2) is 76.4 Å². The van der Waals surface area contributed by atoms with Crippen LogP contribution in [-0.2, 0) is 30.1 Å². The van der Waals surface area contributed by atoms with E-state index in [1.807, 2.05) is 34.6 Å². The molecule has 0 aromatic heterocycles. The first kappa shape index (κ1) is 38.9. The van der Waals surface area contributed by atoms with Gasteiger partial charge in [-0.2, -0.15) is 12.9 Å². The summed E-state index contributed by atoms with van der Waals surface area (Å²) in [5, 5.41) is 0. The van der Waals surface area contributed by atoms with Gasteiger partial charge in [0.15, 0.2) is 0 Å². The van der Waals surface area contributed by atoms with E-state index in [4.69, 9.17) is 0 Å². The van der Waals surface area contributed by atoms with E-state index in [-0.39, 0.29) is 46.8 Å². The number of sulfonamides is 3. The van der Waals surface area contributed by atoms with Crippen LogP contribution in [0, 0.1) is 62.2 Å². The molecule has 0 radical (unpaired) electrons. The molecule has 0 N–H and O–H groups in total. The van der Waals surface area contributed by atoms with Crippen molar-refractivity contribution in [2.45, 2.75) is 74.7 Å². The van der Waals surface area contributed by atoms with Crippen molar-refractivity contribution in [3.05, 3.63) is 89.5 Å². The molecule has 3 aromatic rings. The molecule has 2 atom stereocenters. The number of nitrogens with zero attached hydrogens (tertiary/aromatic N) is 3. The topological polar surface area (TPSA) is 112 Å². The van der Waals surface area contributed by atoms with E-state index >= 15 is 0 Å². The summed E-state index contributed by atoms with van der Waals surface area (Å²) in [7, 11) is -12.3. The van der Waals surface area contributed by atoms with Crippen LogP contribution in [0.2, 0.25) is 0 Å². The minimum atomic E-state index is -4.14. The molecule has 0 saturated carbocycles. The highest BCUT2D eigenvalue weighted by Gasteiger charge is 2.32. The second-order valence-corrected chi connectivity index (χ2v) is 18.3. The minimum Gasteiger partial charge on any atom is -0.207 e. The maximum absolute atomic E-state index is 14.2. The maximum Gasteiger partial charge on any atom is 0.245 e. The molecule has 4 rings (SSSR count). The minimum absolute atomic E-state index is 0.0174. The van der Waals surface area contributed by atoms with Crippen molar-refractivity contribution in [3.63, 3.8) is 0 Å². The lowest BCUT2D eigenvalue weighted by Crippen LogP contribution is -2.41. The Bertz CT molecular complexity index is 2180. The molecule has 3 aromatic carbocycles. The molecule has 1 heterocycles. The summed E-state index contributed by atoms with van der Waals surface area (Å²) in [5.41, 5.74) is 2.66. The summed E-state index contributed by atoms with van der Waals surface area (Å²) >= 11 is 0. The second kappa shape index (κ2) is 16.4. The number of benzene rings is 3. The van der Waals surface area contributed by atoms with Crippen LogP contribution in [0.15, 0.2) is 87.5 Å². The average Bonchev–Trinajstić information content (AvgIpc) is 3.06. The first-order chi connectivity index (χ1) is 23.5. The van der Waals surface area contributed by atoms with E-state index in [0.717, 1.165) is 25.3 Å². The largest absolute Gasteiger partial charge is 0.245 e. The maximum atomic E-state index is 14.2. The first-order valence-electron chi connectivity index (χ1n) is 16.2. The van der Waals surface area contributed by atoms with Gasteiger partial charge in [0.1, 0.15) is 0 Å². The Morgan fingerprint density at radius 1 is 0.560 bits per heavy atom. The van der Waals surface area contributed by atoms with Gasteiger partial charge in [0.2, 0.25) is 30.1 Å². The molecular weight excluding hydrogens is 691 g/mol. The van der Waals surface area contributed by atoms with Crippen LogP contribution in [0.25, 0.3) is 0 Å². The number of rotatable bonds is 8. The van der Waals surface area contributed by atoms with E-state index < -0.39 is 42.2 Å². The van der Waals surface area contributed by atoms with Crippen molar-refractivity contribution in [1.82, 2.24) is 12.9 Å². The van der Waals surface area contributed by atoms with Crippen LogP contribution >= 0.6 is 0 Å². The molecule has 0 bridgehead atoms. The van der Waals surface area contributed by atoms with Gasteiger partial charge < -0.3 is 0 Å². The molecular formula is C38H43N3O6S3. The van der Waals surface area contributed by atoms with Crippen molar-refractivity contribution in [3.8, 4) is 35.5 Å². The summed E-state index contributed by atoms with van der Waals surface area (Å²) in [4.78, 5) is 0.165. The van der Waals surface area contributed by atoms with Crippen molar-refractivity contribution in [2.24, 2.45) is 5.92 Å². The Morgan fingerprint density at radius 3 is 1.34 bits per heavy atom. The molecule has 12 heteroatoms. The summed E-state index contributed by atoms with van der Waals surface area (Å²) in [6.07, 6.45) is 0.338. The zero-order valence-electron chi connectivity index (χ0n) is 29.2. The third-order valence-electron chi connectivity index (χ3n) is 8.08. The van der Waals surface area contributed by atoms with Gasteiger partial charge in [-0.15, -0.1) is 0 Å². The lowest BCUT2D eigenvalue weighted by molar-refractivity contribution is 0.354. The van der Waals surface area contributed by atoms with Gasteiger partial charge in [0, 0.05) is 0 Å². The summed E-state index contributed by atoms with van der Waals surface area (Å²) in [6, 6.07) is 17.5. The van der Waals surface area contributed by atoms with Gasteiger partial charge in [-0.05, 0) is 76.4 Å². The van der Waals surface area contributed by atoms with Crippen molar-refractivity contribution >= 4 is 30.1 Å². The normalized spacial score (nSPS) is 18.8. The van der Waals surface area contributed by atoms with Gasteiger partial charge in [0.05, 0.1) is 52.9 Å². The van der Waals surface area contributed by atoms with Crippen LogP contribution in [0.1, 0.15) is 43.9 Å². The number of aryl methyl sites for hydroxylation is 3. The second-order valence-electron chi connectivity index (χ2n) is 12.6. The zero-order chi connectivity index (χ0) is 36.7. The van der Waals surface area contributed by atoms with Crippen molar-refractivity contribution in [1.29, 1.82) is 0 Å².